The lowest BCUT2D eigenvalue weighted by Crippen LogP contribution is -2.05. The number of halogens is 5. The third-order valence-corrected chi connectivity index (χ3v) is 3.01. The molecular weight excluding hydrogens is 308 g/mol. The van der Waals surface area contributed by atoms with Gasteiger partial charge in [-0.25, -0.2) is 4.98 Å². The van der Waals surface area contributed by atoms with E-state index in [-0.39, 0.29) is 15.9 Å². The molecule has 0 aliphatic rings. The van der Waals surface area contributed by atoms with Gasteiger partial charge in [-0.15, -0.1) is 0 Å². The van der Waals surface area contributed by atoms with E-state index in [0.29, 0.717) is 0 Å². The van der Waals surface area contributed by atoms with E-state index in [4.69, 9.17) is 23.2 Å². The summed E-state index contributed by atoms with van der Waals surface area (Å²) in [6.07, 6.45) is -4.55. The molecular formula is C10H3Cl2F3N2O2. The highest BCUT2D eigenvalue weighted by molar-refractivity contribution is 6.41. The van der Waals surface area contributed by atoms with Gasteiger partial charge in [0, 0.05) is 5.39 Å². The van der Waals surface area contributed by atoms with Crippen LogP contribution in [-0.4, -0.2) is 9.91 Å². The summed E-state index contributed by atoms with van der Waals surface area (Å²) >= 11 is 11.3. The molecule has 2 aromatic rings. The van der Waals surface area contributed by atoms with Crippen molar-refractivity contribution in [2.24, 2.45) is 0 Å². The Morgan fingerprint density at radius 3 is 2.42 bits per heavy atom. The molecule has 4 nitrogen and oxygen atoms in total. The van der Waals surface area contributed by atoms with Gasteiger partial charge in [-0.3, -0.25) is 10.1 Å². The minimum absolute atomic E-state index is 0.0331. The zero-order valence-electron chi connectivity index (χ0n) is 8.83. The highest BCUT2D eigenvalue weighted by Crippen LogP contribution is 2.38. The van der Waals surface area contributed by atoms with Gasteiger partial charge in [0.1, 0.15) is 5.02 Å². The standard InChI is InChI=1S/C10H3Cl2F3N2O2/c11-7-5-2-1-4(10(13,14)15)3-6(5)16-9(12)8(7)17(18)19/h1-3H. The summed E-state index contributed by atoms with van der Waals surface area (Å²) in [5, 5.41) is 9.87. The first-order chi connectivity index (χ1) is 8.71. The minimum Gasteiger partial charge on any atom is -0.258 e. The fraction of sp³-hybridized carbons (Fsp3) is 0.100. The van der Waals surface area contributed by atoms with E-state index in [1.165, 1.54) is 0 Å². The highest BCUT2D eigenvalue weighted by Gasteiger charge is 2.31. The molecule has 0 N–H and O–H groups in total. The van der Waals surface area contributed by atoms with Crippen molar-refractivity contribution in [3.63, 3.8) is 0 Å². The average molecular weight is 311 g/mol. The van der Waals surface area contributed by atoms with E-state index < -0.39 is 27.5 Å². The van der Waals surface area contributed by atoms with E-state index in [1.54, 1.807) is 0 Å². The molecule has 1 heterocycles. The number of aromatic nitrogens is 1. The van der Waals surface area contributed by atoms with Crippen LogP contribution < -0.4 is 0 Å². The van der Waals surface area contributed by atoms with Crippen LogP contribution in [0.2, 0.25) is 10.2 Å². The van der Waals surface area contributed by atoms with E-state index >= 15 is 0 Å². The van der Waals surface area contributed by atoms with Crippen LogP contribution in [0.25, 0.3) is 10.9 Å². The Hall–Kier alpha value is -1.60. The maximum atomic E-state index is 12.5. The Labute approximate surface area is 113 Å². The molecule has 0 saturated heterocycles. The van der Waals surface area contributed by atoms with Crippen molar-refractivity contribution in [1.82, 2.24) is 4.98 Å². The van der Waals surface area contributed by atoms with Gasteiger partial charge in [0.25, 0.3) is 0 Å². The molecule has 1 aromatic carbocycles. The Bertz CT molecular complexity index is 689. The van der Waals surface area contributed by atoms with Gasteiger partial charge < -0.3 is 0 Å². The Balaban J connectivity index is 2.78. The first kappa shape index (κ1) is 13.8. The molecule has 19 heavy (non-hydrogen) atoms. The monoisotopic (exact) mass is 310 g/mol. The zero-order valence-corrected chi connectivity index (χ0v) is 10.3. The Morgan fingerprint density at radius 2 is 1.89 bits per heavy atom. The number of nitro groups is 1. The lowest BCUT2D eigenvalue weighted by Gasteiger charge is -2.08. The molecule has 0 fully saturated rings. The van der Waals surface area contributed by atoms with Crippen molar-refractivity contribution in [1.29, 1.82) is 0 Å². The lowest BCUT2D eigenvalue weighted by atomic mass is 10.1. The summed E-state index contributed by atoms with van der Waals surface area (Å²) in [6.45, 7) is 0. The molecule has 9 heteroatoms. The minimum atomic E-state index is -4.55. The quantitative estimate of drug-likeness (QED) is 0.443. The fourth-order valence-corrected chi connectivity index (χ4v) is 2.14. The predicted octanol–water partition coefficient (Wildman–Crippen LogP) is 4.47. The molecule has 0 amide bonds. The zero-order chi connectivity index (χ0) is 14.4. The van der Waals surface area contributed by atoms with Gasteiger partial charge in [0.15, 0.2) is 0 Å². The third-order valence-electron chi connectivity index (χ3n) is 2.37. The molecule has 0 aliphatic carbocycles. The van der Waals surface area contributed by atoms with Gasteiger partial charge in [-0.2, -0.15) is 13.2 Å². The van der Waals surface area contributed by atoms with Gasteiger partial charge in [-0.05, 0) is 12.1 Å². The van der Waals surface area contributed by atoms with Crippen LogP contribution in [0.3, 0.4) is 0 Å². The van der Waals surface area contributed by atoms with E-state index in [0.717, 1.165) is 18.2 Å². The molecule has 0 aliphatic heterocycles. The number of pyridine rings is 1. The van der Waals surface area contributed by atoms with Gasteiger partial charge in [0.2, 0.25) is 5.15 Å². The second-order valence-electron chi connectivity index (χ2n) is 3.55. The summed E-state index contributed by atoms with van der Waals surface area (Å²) in [7, 11) is 0. The van der Waals surface area contributed by atoms with E-state index in [1.807, 2.05) is 0 Å². The van der Waals surface area contributed by atoms with Gasteiger partial charge >= 0.3 is 11.9 Å². The maximum absolute atomic E-state index is 12.5. The fourth-order valence-electron chi connectivity index (χ4n) is 1.52. The average Bonchev–Trinajstić information content (AvgIpc) is 2.26. The Kier molecular flexibility index (Phi) is 3.27. The first-order valence-electron chi connectivity index (χ1n) is 4.72. The van der Waals surface area contributed by atoms with Crippen molar-refractivity contribution >= 4 is 39.8 Å². The molecule has 2 rings (SSSR count). The van der Waals surface area contributed by atoms with Crippen LogP contribution in [0.4, 0.5) is 18.9 Å². The van der Waals surface area contributed by atoms with Crippen LogP contribution in [0.1, 0.15) is 5.56 Å². The normalized spacial score (nSPS) is 11.8. The lowest BCUT2D eigenvalue weighted by molar-refractivity contribution is -0.384. The van der Waals surface area contributed by atoms with E-state index in [9.17, 15) is 23.3 Å². The SMILES string of the molecule is O=[N+]([O-])c1c(Cl)nc2cc(C(F)(F)F)ccc2c1Cl. The van der Waals surface area contributed by atoms with Gasteiger partial charge in [-0.1, -0.05) is 29.3 Å². The second-order valence-corrected chi connectivity index (χ2v) is 4.29. The summed E-state index contributed by atoms with van der Waals surface area (Å²) in [6, 6.07) is 2.53. The van der Waals surface area contributed by atoms with Crippen molar-refractivity contribution in [3.8, 4) is 0 Å². The molecule has 0 bridgehead atoms. The maximum Gasteiger partial charge on any atom is 0.416 e. The van der Waals surface area contributed by atoms with Crippen molar-refractivity contribution < 1.29 is 18.1 Å². The number of rotatable bonds is 1. The molecule has 100 valence electrons. The first-order valence-corrected chi connectivity index (χ1v) is 5.47. The summed E-state index contributed by atoms with van der Waals surface area (Å²) < 4.78 is 37.6. The number of alkyl halides is 3. The number of nitrogens with zero attached hydrogens (tertiary/aromatic N) is 2. The third kappa shape index (κ3) is 2.43. The smallest absolute Gasteiger partial charge is 0.258 e. The highest BCUT2D eigenvalue weighted by atomic mass is 35.5. The Morgan fingerprint density at radius 1 is 1.26 bits per heavy atom. The molecule has 0 radical (unpaired) electrons. The number of benzene rings is 1. The van der Waals surface area contributed by atoms with Crippen LogP contribution in [0.5, 0.6) is 0 Å². The number of hydrogen-bond donors (Lipinski definition) is 0. The summed E-state index contributed by atoms with van der Waals surface area (Å²) in [5.74, 6) is 0. The molecule has 0 saturated carbocycles. The molecule has 1 aromatic heterocycles. The van der Waals surface area contributed by atoms with Crippen molar-refractivity contribution in [3.05, 3.63) is 44.1 Å². The van der Waals surface area contributed by atoms with Crippen molar-refractivity contribution in [2.75, 3.05) is 0 Å². The molecule has 0 spiro atoms. The van der Waals surface area contributed by atoms with Crippen molar-refractivity contribution in [2.45, 2.75) is 6.18 Å². The predicted molar refractivity (Wildman–Crippen MR) is 63.4 cm³/mol. The summed E-state index contributed by atoms with van der Waals surface area (Å²) in [4.78, 5) is 13.5. The number of hydrogen-bond acceptors (Lipinski definition) is 3. The van der Waals surface area contributed by atoms with Gasteiger partial charge in [0.05, 0.1) is 16.0 Å². The molecule has 0 atom stereocenters. The van der Waals surface area contributed by atoms with Crippen LogP contribution in [0, 0.1) is 10.1 Å². The second kappa shape index (κ2) is 4.50. The summed E-state index contributed by atoms with van der Waals surface area (Å²) in [5.41, 5.74) is -1.72. The van der Waals surface area contributed by atoms with E-state index in [2.05, 4.69) is 4.98 Å². The largest absolute Gasteiger partial charge is 0.416 e. The molecule has 0 unspecified atom stereocenters. The van der Waals surface area contributed by atoms with Crippen LogP contribution >= 0.6 is 23.2 Å². The van der Waals surface area contributed by atoms with Crippen LogP contribution in [-0.2, 0) is 6.18 Å². The topological polar surface area (TPSA) is 56.0 Å². The van der Waals surface area contributed by atoms with Crippen LogP contribution in [0.15, 0.2) is 18.2 Å². The number of fused-ring (bicyclic) bond motifs is 1.